The predicted molar refractivity (Wildman–Crippen MR) is 113 cm³/mol. The lowest BCUT2D eigenvalue weighted by Crippen LogP contribution is -2.47. The van der Waals surface area contributed by atoms with E-state index in [9.17, 15) is 0 Å². The number of ether oxygens (including phenoxy) is 2. The van der Waals surface area contributed by atoms with E-state index in [1.807, 2.05) is 59.5 Å². The van der Waals surface area contributed by atoms with Crippen molar-refractivity contribution < 1.29 is 9.47 Å². The fourth-order valence-corrected chi connectivity index (χ4v) is 4.09. The van der Waals surface area contributed by atoms with Crippen molar-refractivity contribution in [3.63, 3.8) is 0 Å². The van der Waals surface area contributed by atoms with E-state index in [4.69, 9.17) is 9.47 Å². The quantitative estimate of drug-likeness (QED) is 0.524. The molecule has 0 bridgehead atoms. The second kappa shape index (κ2) is 6.91. The average molecular weight is 400 g/mol. The van der Waals surface area contributed by atoms with Crippen molar-refractivity contribution in [1.82, 2.24) is 19.6 Å². The summed E-state index contributed by atoms with van der Waals surface area (Å²) < 4.78 is 12.9. The molecule has 0 unspecified atom stereocenters. The first-order valence-corrected chi connectivity index (χ1v) is 10.0. The molecule has 2 aliphatic heterocycles. The number of fused-ring (bicyclic) bond motifs is 2. The average Bonchev–Trinajstić information content (AvgIpc) is 3.46. The Bertz CT molecular complexity index is 1200. The number of hydrogen-bond donors (Lipinski definition) is 0. The molecule has 0 saturated carbocycles. The van der Waals surface area contributed by atoms with Gasteiger partial charge in [0.05, 0.1) is 6.20 Å². The highest BCUT2D eigenvalue weighted by molar-refractivity contribution is 5.79. The zero-order valence-corrected chi connectivity index (χ0v) is 16.3. The van der Waals surface area contributed by atoms with Crippen LogP contribution >= 0.6 is 0 Å². The summed E-state index contributed by atoms with van der Waals surface area (Å²) in [6.07, 6.45) is 5.57. The second-order valence-corrected chi connectivity index (χ2v) is 7.33. The van der Waals surface area contributed by atoms with Gasteiger partial charge in [0.15, 0.2) is 17.1 Å². The number of piperazine rings is 1. The molecule has 30 heavy (non-hydrogen) atoms. The second-order valence-electron chi connectivity index (χ2n) is 7.33. The van der Waals surface area contributed by atoms with Crippen molar-refractivity contribution in [3.05, 3.63) is 61.1 Å². The van der Waals surface area contributed by atoms with Gasteiger partial charge in [0.25, 0.3) is 0 Å². The van der Waals surface area contributed by atoms with Crippen molar-refractivity contribution in [3.8, 4) is 22.6 Å². The van der Waals surface area contributed by atoms with Gasteiger partial charge in [-0.15, -0.1) is 0 Å². The molecule has 1 fully saturated rings. The van der Waals surface area contributed by atoms with Gasteiger partial charge < -0.3 is 19.3 Å². The fourth-order valence-electron chi connectivity index (χ4n) is 4.09. The monoisotopic (exact) mass is 400 g/mol. The van der Waals surface area contributed by atoms with Crippen LogP contribution in [0.1, 0.15) is 0 Å². The molecular weight excluding hydrogens is 380 g/mol. The van der Waals surface area contributed by atoms with E-state index < -0.39 is 0 Å². The van der Waals surface area contributed by atoms with Gasteiger partial charge in [0, 0.05) is 44.1 Å². The summed E-state index contributed by atoms with van der Waals surface area (Å²) in [5.74, 6) is 3.61. The number of benzene rings is 1. The predicted octanol–water partition coefficient (Wildman–Crippen LogP) is 2.85. The number of hydrogen-bond acceptors (Lipinski definition) is 7. The van der Waals surface area contributed by atoms with Crippen LogP contribution in [0.5, 0.6) is 11.5 Å². The Balaban J connectivity index is 1.29. The Labute approximate surface area is 173 Å². The molecule has 0 aliphatic carbocycles. The Hall–Kier alpha value is -3.81. The lowest BCUT2D eigenvalue weighted by Gasteiger charge is -2.36. The maximum absolute atomic E-state index is 5.53. The van der Waals surface area contributed by atoms with E-state index in [-0.39, 0.29) is 6.79 Å². The van der Waals surface area contributed by atoms with Crippen LogP contribution in [0.4, 0.5) is 11.6 Å². The third-order valence-electron chi connectivity index (χ3n) is 5.64. The van der Waals surface area contributed by atoms with Crippen LogP contribution in [-0.4, -0.2) is 52.6 Å². The van der Waals surface area contributed by atoms with Gasteiger partial charge in [-0.1, -0.05) is 12.1 Å². The van der Waals surface area contributed by atoms with E-state index >= 15 is 0 Å². The molecule has 0 atom stereocenters. The molecule has 0 amide bonds. The van der Waals surface area contributed by atoms with Crippen molar-refractivity contribution in [2.45, 2.75) is 0 Å². The first-order valence-electron chi connectivity index (χ1n) is 10.0. The van der Waals surface area contributed by atoms with Gasteiger partial charge in [-0.3, -0.25) is 0 Å². The molecule has 8 nitrogen and oxygen atoms in total. The highest BCUT2D eigenvalue weighted by atomic mass is 16.7. The smallest absolute Gasteiger partial charge is 0.231 e. The standard InChI is InChI=1S/C22H20N6O2/c1-2-7-23-20(3-1)26-9-11-27(12-10-26)21-6-8-24-22-17(14-25-28(21)22)16-4-5-18-19(13-16)30-15-29-18/h1-8,13-14H,9-12,15H2. The topological polar surface area (TPSA) is 68.0 Å². The fraction of sp³-hybridized carbons (Fsp3) is 0.227. The minimum atomic E-state index is 0.264. The van der Waals surface area contributed by atoms with Gasteiger partial charge in [0.2, 0.25) is 6.79 Å². The van der Waals surface area contributed by atoms with Crippen LogP contribution < -0.4 is 19.3 Å². The molecule has 1 aromatic carbocycles. The van der Waals surface area contributed by atoms with Gasteiger partial charge in [-0.2, -0.15) is 9.61 Å². The lowest BCUT2D eigenvalue weighted by molar-refractivity contribution is 0.174. The maximum Gasteiger partial charge on any atom is 0.231 e. The summed E-state index contributed by atoms with van der Waals surface area (Å²) in [5.41, 5.74) is 2.82. The molecule has 0 N–H and O–H groups in total. The summed E-state index contributed by atoms with van der Waals surface area (Å²) in [5, 5.41) is 4.66. The third kappa shape index (κ3) is 2.80. The summed E-state index contributed by atoms with van der Waals surface area (Å²) in [4.78, 5) is 13.8. The molecule has 0 spiro atoms. The molecule has 3 aromatic heterocycles. The normalized spacial score (nSPS) is 15.7. The Morgan fingerprint density at radius 2 is 1.67 bits per heavy atom. The molecule has 1 saturated heterocycles. The highest BCUT2D eigenvalue weighted by Crippen LogP contribution is 2.37. The minimum Gasteiger partial charge on any atom is -0.454 e. The molecular formula is C22H20N6O2. The molecule has 6 rings (SSSR count). The molecule has 0 radical (unpaired) electrons. The van der Waals surface area contributed by atoms with E-state index in [1.54, 1.807) is 0 Å². The lowest BCUT2D eigenvalue weighted by atomic mass is 10.1. The van der Waals surface area contributed by atoms with Gasteiger partial charge in [-0.05, 0) is 35.9 Å². The van der Waals surface area contributed by atoms with Crippen molar-refractivity contribution in [2.75, 3.05) is 42.8 Å². The number of nitrogens with zero attached hydrogens (tertiary/aromatic N) is 6. The van der Waals surface area contributed by atoms with E-state index in [0.717, 1.165) is 66.1 Å². The van der Waals surface area contributed by atoms with Gasteiger partial charge in [0.1, 0.15) is 11.6 Å². The zero-order valence-electron chi connectivity index (χ0n) is 16.3. The van der Waals surface area contributed by atoms with Crippen molar-refractivity contribution >= 4 is 17.3 Å². The highest BCUT2D eigenvalue weighted by Gasteiger charge is 2.22. The molecule has 150 valence electrons. The maximum atomic E-state index is 5.53. The largest absolute Gasteiger partial charge is 0.454 e. The van der Waals surface area contributed by atoms with Crippen molar-refractivity contribution in [1.29, 1.82) is 0 Å². The number of anilines is 2. The molecule has 4 aromatic rings. The van der Waals surface area contributed by atoms with Crippen LogP contribution in [0.25, 0.3) is 16.8 Å². The van der Waals surface area contributed by atoms with Crippen LogP contribution in [-0.2, 0) is 0 Å². The first-order chi connectivity index (χ1) is 14.9. The Morgan fingerprint density at radius 3 is 2.53 bits per heavy atom. The Kier molecular flexibility index (Phi) is 3.93. The number of aromatic nitrogens is 4. The molecule has 2 aliphatic rings. The van der Waals surface area contributed by atoms with Gasteiger partial charge >= 0.3 is 0 Å². The first kappa shape index (κ1) is 17.1. The molecule has 5 heterocycles. The number of pyridine rings is 1. The summed E-state index contributed by atoms with van der Waals surface area (Å²) >= 11 is 0. The van der Waals surface area contributed by atoms with Crippen LogP contribution in [0.3, 0.4) is 0 Å². The SMILES string of the molecule is c1ccc(N2CCN(c3ccnc4c(-c5ccc6c(c5)OCO6)cnn34)CC2)nc1. The van der Waals surface area contributed by atoms with Gasteiger partial charge in [-0.25, -0.2) is 9.97 Å². The van der Waals surface area contributed by atoms with Crippen LogP contribution in [0.2, 0.25) is 0 Å². The summed E-state index contributed by atoms with van der Waals surface area (Å²) in [7, 11) is 0. The summed E-state index contributed by atoms with van der Waals surface area (Å²) in [6, 6.07) is 14.0. The zero-order chi connectivity index (χ0) is 19.9. The third-order valence-corrected chi connectivity index (χ3v) is 5.64. The number of rotatable bonds is 3. The van der Waals surface area contributed by atoms with Crippen LogP contribution in [0, 0.1) is 0 Å². The Morgan fingerprint density at radius 1 is 0.800 bits per heavy atom. The van der Waals surface area contributed by atoms with Crippen LogP contribution in [0.15, 0.2) is 61.1 Å². The van der Waals surface area contributed by atoms with Crippen molar-refractivity contribution in [2.24, 2.45) is 0 Å². The summed E-state index contributed by atoms with van der Waals surface area (Å²) in [6.45, 7) is 3.89. The minimum absolute atomic E-state index is 0.264. The molecule has 8 heteroatoms. The van der Waals surface area contributed by atoms with E-state index in [1.165, 1.54) is 0 Å². The van der Waals surface area contributed by atoms with E-state index in [2.05, 4.69) is 30.9 Å². The van der Waals surface area contributed by atoms with E-state index in [0.29, 0.717) is 0 Å².